The summed E-state index contributed by atoms with van der Waals surface area (Å²) >= 11 is 10.6. The fourth-order valence-corrected chi connectivity index (χ4v) is 3.15. The van der Waals surface area contributed by atoms with Crippen LogP contribution >= 0.6 is 24.2 Å². The molecule has 136 valence electrons. The van der Waals surface area contributed by atoms with Gasteiger partial charge in [-0.15, -0.1) is 10.2 Å². The van der Waals surface area contributed by atoms with Gasteiger partial charge in [0.1, 0.15) is 11.1 Å². The minimum absolute atomic E-state index is 0.312. The lowest BCUT2D eigenvalue weighted by Crippen LogP contribution is -2.05. The van der Waals surface area contributed by atoms with Crippen LogP contribution in [-0.2, 0) is 7.05 Å². The van der Waals surface area contributed by atoms with E-state index in [0.29, 0.717) is 34.0 Å². The fourth-order valence-electron chi connectivity index (χ4n) is 2.63. The Bertz CT molecular complexity index is 1100. The number of rotatable bonds is 4. The number of thiol groups is 1. The molecule has 0 radical (unpaired) electrons. The van der Waals surface area contributed by atoms with E-state index in [1.54, 1.807) is 41.9 Å². The molecule has 2 heterocycles. The molecule has 0 aliphatic rings. The summed E-state index contributed by atoms with van der Waals surface area (Å²) < 4.78 is 20.2. The summed E-state index contributed by atoms with van der Waals surface area (Å²) in [5, 5.41) is 12.4. The van der Waals surface area contributed by atoms with Gasteiger partial charge < -0.3 is 9.09 Å². The van der Waals surface area contributed by atoms with Gasteiger partial charge in [0, 0.05) is 23.2 Å². The summed E-state index contributed by atoms with van der Waals surface area (Å²) in [6, 6.07) is 13.2. The average molecular weight is 402 g/mol. The van der Waals surface area contributed by atoms with E-state index in [1.165, 1.54) is 12.1 Å². The van der Waals surface area contributed by atoms with Crippen molar-refractivity contribution in [1.82, 2.24) is 24.9 Å². The number of hydrogen-bond donors (Lipinski definition) is 1. The standard InChI is InChI=1S/C18H13ClFN5OS/c1-25-16(10-5-7-13(20)8-6-10)22-23-17(25)14(27)15-21-18(26-24-15)11-3-2-4-12(19)9-11/h2-9,14,27H,1H3. The summed E-state index contributed by atoms with van der Waals surface area (Å²) in [6.45, 7) is 0. The molecule has 0 amide bonds. The number of halogens is 2. The molecule has 1 atom stereocenters. The van der Waals surface area contributed by atoms with Crippen molar-refractivity contribution in [2.75, 3.05) is 0 Å². The molecule has 0 N–H and O–H groups in total. The normalized spacial score (nSPS) is 12.3. The first kappa shape index (κ1) is 17.7. The van der Waals surface area contributed by atoms with Gasteiger partial charge in [0.2, 0.25) is 0 Å². The predicted octanol–water partition coefficient (Wildman–Crippen LogP) is 4.34. The third kappa shape index (κ3) is 3.45. The lowest BCUT2D eigenvalue weighted by molar-refractivity contribution is 0.423. The van der Waals surface area contributed by atoms with Gasteiger partial charge in [-0.25, -0.2) is 4.39 Å². The van der Waals surface area contributed by atoms with Crippen molar-refractivity contribution in [3.63, 3.8) is 0 Å². The van der Waals surface area contributed by atoms with Crippen molar-refractivity contribution in [2.24, 2.45) is 7.05 Å². The second-order valence-corrected chi connectivity index (χ2v) is 6.77. The molecule has 6 nitrogen and oxygen atoms in total. The summed E-state index contributed by atoms with van der Waals surface area (Å²) in [6.07, 6.45) is 0. The largest absolute Gasteiger partial charge is 0.334 e. The molecule has 0 fully saturated rings. The Labute approximate surface area is 164 Å². The van der Waals surface area contributed by atoms with Crippen LogP contribution in [0.15, 0.2) is 53.1 Å². The highest BCUT2D eigenvalue weighted by atomic mass is 35.5. The Kier molecular flexibility index (Phi) is 4.67. The van der Waals surface area contributed by atoms with Crippen molar-refractivity contribution >= 4 is 24.2 Å². The first-order valence-electron chi connectivity index (χ1n) is 7.96. The zero-order valence-corrected chi connectivity index (χ0v) is 15.7. The number of aromatic nitrogens is 5. The molecule has 1 unspecified atom stereocenters. The molecule has 2 aromatic heterocycles. The third-order valence-corrected chi connectivity index (χ3v) is 4.71. The maximum atomic E-state index is 13.1. The van der Waals surface area contributed by atoms with Gasteiger partial charge in [-0.3, -0.25) is 0 Å². The van der Waals surface area contributed by atoms with Crippen LogP contribution in [0.2, 0.25) is 5.02 Å². The van der Waals surface area contributed by atoms with E-state index in [0.717, 1.165) is 5.56 Å². The van der Waals surface area contributed by atoms with Gasteiger partial charge in [0.15, 0.2) is 17.5 Å². The molecule has 0 saturated carbocycles. The molecule has 9 heteroatoms. The van der Waals surface area contributed by atoms with Crippen LogP contribution in [0, 0.1) is 5.82 Å². The molecular weight excluding hydrogens is 389 g/mol. The van der Waals surface area contributed by atoms with Crippen LogP contribution < -0.4 is 0 Å². The van der Waals surface area contributed by atoms with Gasteiger partial charge in [-0.1, -0.05) is 22.8 Å². The van der Waals surface area contributed by atoms with Gasteiger partial charge in [-0.05, 0) is 42.5 Å². The molecule has 4 aromatic rings. The van der Waals surface area contributed by atoms with Gasteiger partial charge in [-0.2, -0.15) is 17.6 Å². The van der Waals surface area contributed by atoms with Crippen LogP contribution in [0.4, 0.5) is 4.39 Å². The van der Waals surface area contributed by atoms with Crippen LogP contribution in [0.25, 0.3) is 22.8 Å². The van der Waals surface area contributed by atoms with Crippen molar-refractivity contribution < 1.29 is 8.91 Å². The highest BCUT2D eigenvalue weighted by Crippen LogP contribution is 2.29. The van der Waals surface area contributed by atoms with Gasteiger partial charge in [0.25, 0.3) is 5.89 Å². The highest BCUT2D eigenvalue weighted by Gasteiger charge is 2.24. The number of hydrogen-bond acceptors (Lipinski definition) is 6. The summed E-state index contributed by atoms with van der Waals surface area (Å²) in [7, 11) is 1.80. The first-order valence-corrected chi connectivity index (χ1v) is 8.85. The molecule has 0 aliphatic heterocycles. The average Bonchev–Trinajstić information content (AvgIpc) is 3.29. The Balaban J connectivity index is 1.64. The smallest absolute Gasteiger partial charge is 0.258 e. The minimum Gasteiger partial charge on any atom is -0.334 e. The molecule has 4 rings (SSSR count). The Morgan fingerprint density at radius 3 is 2.63 bits per heavy atom. The second-order valence-electron chi connectivity index (χ2n) is 5.82. The number of benzene rings is 2. The van der Waals surface area contributed by atoms with Gasteiger partial charge >= 0.3 is 0 Å². The van der Waals surface area contributed by atoms with E-state index in [2.05, 4.69) is 33.0 Å². The lowest BCUT2D eigenvalue weighted by Gasteiger charge is -2.07. The lowest BCUT2D eigenvalue weighted by atomic mass is 10.2. The topological polar surface area (TPSA) is 69.6 Å². The number of nitrogens with zero attached hydrogens (tertiary/aromatic N) is 5. The Morgan fingerprint density at radius 1 is 1.11 bits per heavy atom. The van der Waals surface area contributed by atoms with E-state index in [-0.39, 0.29) is 5.82 Å². The van der Waals surface area contributed by atoms with Crippen molar-refractivity contribution in [3.8, 4) is 22.8 Å². The van der Waals surface area contributed by atoms with Crippen LogP contribution in [0.5, 0.6) is 0 Å². The SMILES string of the molecule is Cn1c(-c2ccc(F)cc2)nnc1C(S)c1noc(-c2cccc(Cl)c2)n1. The summed E-state index contributed by atoms with van der Waals surface area (Å²) in [5.74, 6) is 1.51. The van der Waals surface area contributed by atoms with Crippen LogP contribution in [0.3, 0.4) is 0 Å². The maximum absolute atomic E-state index is 13.1. The second kappa shape index (κ2) is 7.13. The van der Waals surface area contributed by atoms with E-state index in [1.807, 2.05) is 6.07 Å². The molecule has 0 bridgehead atoms. The van der Waals surface area contributed by atoms with Gasteiger partial charge in [0.05, 0.1) is 0 Å². The molecule has 2 aromatic carbocycles. The quantitative estimate of drug-likeness (QED) is 0.515. The highest BCUT2D eigenvalue weighted by molar-refractivity contribution is 7.80. The third-order valence-electron chi connectivity index (χ3n) is 4.01. The molecule has 27 heavy (non-hydrogen) atoms. The monoisotopic (exact) mass is 401 g/mol. The van der Waals surface area contributed by atoms with E-state index >= 15 is 0 Å². The maximum Gasteiger partial charge on any atom is 0.258 e. The van der Waals surface area contributed by atoms with E-state index < -0.39 is 5.25 Å². The Morgan fingerprint density at radius 2 is 1.89 bits per heavy atom. The summed E-state index contributed by atoms with van der Waals surface area (Å²) in [4.78, 5) is 4.39. The molecule has 0 aliphatic carbocycles. The first-order chi connectivity index (χ1) is 13.0. The van der Waals surface area contributed by atoms with E-state index in [9.17, 15) is 4.39 Å². The zero-order valence-electron chi connectivity index (χ0n) is 14.0. The van der Waals surface area contributed by atoms with E-state index in [4.69, 9.17) is 16.1 Å². The molecule has 0 spiro atoms. The summed E-state index contributed by atoms with van der Waals surface area (Å²) in [5.41, 5.74) is 1.46. The van der Waals surface area contributed by atoms with Crippen LogP contribution in [0.1, 0.15) is 16.9 Å². The minimum atomic E-state index is -0.548. The van der Waals surface area contributed by atoms with Crippen molar-refractivity contribution in [2.45, 2.75) is 5.25 Å². The van der Waals surface area contributed by atoms with Crippen LogP contribution in [-0.4, -0.2) is 24.9 Å². The Hall–Kier alpha value is -2.71. The predicted molar refractivity (Wildman–Crippen MR) is 102 cm³/mol. The molecular formula is C18H13ClFN5OS. The van der Waals surface area contributed by atoms with Crippen molar-refractivity contribution in [3.05, 3.63) is 71.0 Å². The van der Waals surface area contributed by atoms with Crippen molar-refractivity contribution in [1.29, 1.82) is 0 Å². The molecule has 0 saturated heterocycles. The fraction of sp³-hybridized carbons (Fsp3) is 0.111. The zero-order chi connectivity index (χ0) is 19.0.